The summed E-state index contributed by atoms with van der Waals surface area (Å²) in [5.41, 5.74) is 0. The minimum atomic E-state index is -0.628. The van der Waals surface area contributed by atoms with Crippen LogP contribution in [0, 0.1) is 6.92 Å². The van der Waals surface area contributed by atoms with Crippen LogP contribution in [0.4, 0.5) is 0 Å². The number of furan rings is 1. The molecule has 2 unspecified atom stereocenters. The summed E-state index contributed by atoms with van der Waals surface area (Å²) >= 11 is 7.24. The van der Waals surface area contributed by atoms with Gasteiger partial charge in [-0.3, -0.25) is 4.99 Å². The number of hydrogen-bond donors (Lipinski definition) is 3. The van der Waals surface area contributed by atoms with Crippen LogP contribution in [0.25, 0.3) is 0 Å². The summed E-state index contributed by atoms with van der Waals surface area (Å²) in [5.74, 6) is 2.31. The van der Waals surface area contributed by atoms with Gasteiger partial charge in [-0.25, -0.2) is 0 Å². The number of aliphatic imine (C=N–C) groups is 1. The Morgan fingerprint density at radius 1 is 1.41 bits per heavy atom. The summed E-state index contributed by atoms with van der Waals surface area (Å²) in [6, 6.07) is 7.44. The van der Waals surface area contributed by atoms with Crippen molar-refractivity contribution in [1.82, 2.24) is 10.6 Å². The quantitative estimate of drug-likeness (QED) is 0.576. The van der Waals surface area contributed by atoms with E-state index < -0.39 is 6.10 Å². The summed E-state index contributed by atoms with van der Waals surface area (Å²) in [6.07, 6.45) is -0.628. The Hall–Kier alpha value is -1.50. The average molecular weight is 342 g/mol. The first kappa shape index (κ1) is 16.9. The molecule has 0 aromatic carbocycles. The monoisotopic (exact) mass is 341 g/mol. The van der Waals surface area contributed by atoms with Gasteiger partial charge in [-0.05, 0) is 38.1 Å². The smallest absolute Gasteiger partial charge is 0.191 e. The zero-order valence-electron chi connectivity index (χ0n) is 12.8. The molecule has 0 aliphatic heterocycles. The summed E-state index contributed by atoms with van der Waals surface area (Å²) in [4.78, 5) is 4.97. The third kappa shape index (κ3) is 4.50. The van der Waals surface area contributed by atoms with E-state index in [0.29, 0.717) is 16.8 Å². The van der Waals surface area contributed by atoms with Crippen LogP contribution >= 0.6 is 22.9 Å². The molecule has 7 heteroatoms. The molecule has 2 heterocycles. The van der Waals surface area contributed by atoms with E-state index >= 15 is 0 Å². The third-order valence-electron chi connectivity index (χ3n) is 3.15. The second-order valence-corrected chi connectivity index (χ2v) is 6.67. The fourth-order valence-electron chi connectivity index (χ4n) is 1.96. The molecule has 2 atom stereocenters. The molecular weight excluding hydrogens is 322 g/mol. The Bertz CT molecular complexity index is 638. The number of nitrogens with zero attached hydrogens (tertiary/aromatic N) is 1. The number of aliphatic hydroxyl groups excluding tert-OH is 1. The Morgan fingerprint density at radius 3 is 2.73 bits per heavy atom. The first-order valence-electron chi connectivity index (χ1n) is 6.96. The molecule has 0 saturated carbocycles. The molecule has 2 aromatic rings. The second-order valence-electron chi connectivity index (χ2n) is 4.93. The van der Waals surface area contributed by atoms with Crippen molar-refractivity contribution in [2.75, 3.05) is 13.6 Å². The van der Waals surface area contributed by atoms with Crippen LogP contribution in [0.15, 0.2) is 33.7 Å². The number of aliphatic hydroxyl groups is 1. The van der Waals surface area contributed by atoms with E-state index in [1.54, 1.807) is 13.1 Å². The van der Waals surface area contributed by atoms with Crippen LogP contribution in [-0.4, -0.2) is 24.7 Å². The van der Waals surface area contributed by atoms with E-state index in [1.165, 1.54) is 11.3 Å². The molecule has 0 amide bonds. The van der Waals surface area contributed by atoms with E-state index in [0.717, 1.165) is 16.4 Å². The van der Waals surface area contributed by atoms with Gasteiger partial charge >= 0.3 is 0 Å². The summed E-state index contributed by atoms with van der Waals surface area (Å²) in [5, 5.41) is 16.4. The van der Waals surface area contributed by atoms with Gasteiger partial charge in [0.1, 0.15) is 17.6 Å². The number of thiophene rings is 1. The normalized spacial score (nSPS) is 14.7. The molecule has 120 valence electrons. The maximum absolute atomic E-state index is 10.1. The molecule has 0 radical (unpaired) electrons. The molecule has 0 saturated heterocycles. The molecule has 0 bridgehead atoms. The minimum Gasteiger partial charge on any atom is -0.464 e. The maximum atomic E-state index is 10.1. The summed E-state index contributed by atoms with van der Waals surface area (Å²) < 4.78 is 6.25. The lowest BCUT2D eigenvalue weighted by Gasteiger charge is -2.18. The van der Waals surface area contributed by atoms with Crippen molar-refractivity contribution >= 4 is 28.9 Å². The van der Waals surface area contributed by atoms with Crippen LogP contribution in [0.3, 0.4) is 0 Å². The zero-order chi connectivity index (χ0) is 16.1. The Kier molecular flexibility index (Phi) is 5.88. The number of aryl methyl sites for hydroxylation is 1. The molecule has 0 aliphatic carbocycles. The highest BCUT2D eigenvalue weighted by Crippen LogP contribution is 2.26. The van der Waals surface area contributed by atoms with Crippen LogP contribution in [-0.2, 0) is 0 Å². The van der Waals surface area contributed by atoms with Gasteiger partial charge in [0.05, 0.1) is 10.4 Å². The van der Waals surface area contributed by atoms with Crippen molar-refractivity contribution in [3.05, 3.63) is 45.0 Å². The molecule has 0 aliphatic rings. The third-order valence-corrected chi connectivity index (χ3v) is 4.48. The van der Waals surface area contributed by atoms with Crippen molar-refractivity contribution in [2.24, 2.45) is 4.99 Å². The van der Waals surface area contributed by atoms with E-state index in [1.807, 2.05) is 32.0 Å². The molecule has 3 N–H and O–H groups in total. The first-order chi connectivity index (χ1) is 10.5. The van der Waals surface area contributed by atoms with Gasteiger partial charge in [0.15, 0.2) is 5.96 Å². The molecule has 22 heavy (non-hydrogen) atoms. The fraction of sp³-hybridized carbons (Fsp3) is 0.400. The highest BCUT2D eigenvalue weighted by atomic mass is 35.5. The predicted molar refractivity (Wildman–Crippen MR) is 90.6 cm³/mol. The number of hydrogen-bond acceptors (Lipinski definition) is 4. The highest BCUT2D eigenvalue weighted by Gasteiger charge is 2.14. The Balaban J connectivity index is 1.87. The lowest BCUT2D eigenvalue weighted by atomic mass is 10.2. The van der Waals surface area contributed by atoms with Crippen LogP contribution in [0.2, 0.25) is 4.34 Å². The molecular formula is C15H20ClN3O2S. The number of rotatable bonds is 5. The van der Waals surface area contributed by atoms with Gasteiger partial charge in [0, 0.05) is 18.5 Å². The fourth-order valence-corrected chi connectivity index (χ4v) is 3.01. The Labute approximate surface area is 139 Å². The molecule has 0 fully saturated rings. The standard InChI is InChI=1S/C15H20ClN3O2S/c1-9-4-5-12(21-9)10(2)19-15(17-3)18-8-11(20)13-6-7-14(16)22-13/h4-7,10-11,20H,8H2,1-3H3,(H2,17,18,19). The van der Waals surface area contributed by atoms with Crippen LogP contribution in [0.5, 0.6) is 0 Å². The van der Waals surface area contributed by atoms with Crippen molar-refractivity contribution < 1.29 is 9.52 Å². The highest BCUT2D eigenvalue weighted by molar-refractivity contribution is 7.16. The van der Waals surface area contributed by atoms with Gasteiger partial charge in [0.2, 0.25) is 0 Å². The van der Waals surface area contributed by atoms with Gasteiger partial charge in [-0.1, -0.05) is 11.6 Å². The SMILES string of the molecule is CN=C(NCC(O)c1ccc(Cl)s1)NC(C)c1ccc(C)o1. The van der Waals surface area contributed by atoms with E-state index in [2.05, 4.69) is 15.6 Å². The van der Waals surface area contributed by atoms with E-state index in [9.17, 15) is 5.11 Å². The van der Waals surface area contributed by atoms with Crippen molar-refractivity contribution in [1.29, 1.82) is 0 Å². The lowest BCUT2D eigenvalue weighted by Crippen LogP contribution is -2.40. The van der Waals surface area contributed by atoms with Crippen LogP contribution in [0.1, 0.15) is 35.5 Å². The summed E-state index contributed by atoms with van der Waals surface area (Å²) in [6.45, 7) is 4.24. The van der Waals surface area contributed by atoms with Gasteiger partial charge < -0.3 is 20.2 Å². The molecule has 2 aromatic heterocycles. The maximum Gasteiger partial charge on any atom is 0.191 e. The minimum absolute atomic E-state index is 0.0202. The molecule has 0 spiro atoms. The van der Waals surface area contributed by atoms with Crippen LogP contribution < -0.4 is 10.6 Å². The number of guanidine groups is 1. The molecule has 5 nitrogen and oxygen atoms in total. The van der Waals surface area contributed by atoms with Gasteiger partial charge in [0.25, 0.3) is 0 Å². The van der Waals surface area contributed by atoms with Crippen molar-refractivity contribution in [3.8, 4) is 0 Å². The van der Waals surface area contributed by atoms with E-state index in [4.69, 9.17) is 16.0 Å². The molecule has 2 rings (SSSR count). The largest absolute Gasteiger partial charge is 0.464 e. The topological polar surface area (TPSA) is 69.8 Å². The van der Waals surface area contributed by atoms with Gasteiger partial charge in [-0.15, -0.1) is 11.3 Å². The number of halogens is 1. The van der Waals surface area contributed by atoms with E-state index in [-0.39, 0.29) is 6.04 Å². The first-order valence-corrected chi connectivity index (χ1v) is 8.16. The zero-order valence-corrected chi connectivity index (χ0v) is 14.3. The van der Waals surface area contributed by atoms with Gasteiger partial charge in [-0.2, -0.15) is 0 Å². The lowest BCUT2D eigenvalue weighted by molar-refractivity contribution is 0.184. The van der Waals surface area contributed by atoms with Crippen molar-refractivity contribution in [2.45, 2.75) is 26.0 Å². The summed E-state index contributed by atoms with van der Waals surface area (Å²) in [7, 11) is 1.68. The Morgan fingerprint density at radius 2 is 2.18 bits per heavy atom. The predicted octanol–water partition coefficient (Wildman–Crippen LogP) is 3.26. The van der Waals surface area contributed by atoms with Crippen molar-refractivity contribution in [3.63, 3.8) is 0 Å². The second kappa shape index (κ2) is 7.67. The number of nitrogens with one attached hydrogen (secondary N) is 2. The average Bonchev–Trinajstić information content (AvgIpc) is 3.11.